The van der Waals surface area contributed by atoms with Gasteiger partial charge in [-0.2, -0.15) is 0 Å². The molecule has 1 heterocycles. The van der Waals surface area contributed by atoms with Crippen molar-refractivity contribution in [1.82, 2.24) is 9.55 Å². The molecular weight excluding hydrogens is 186 g/mol. The summed E-state index contributed by atoms with van der Waals surface area (Å²) in [6, 6.07) is 0.0936. The summed E-state index contributed by atoms with van der Waals surface area (Å²) in [5, 5.41) is 0. The van der Waals surface area contributed by atoms with Crippen LogP contribution in [0.2, 0.25) is 0 Å². The fourth-order valence-electron chi connectivity index (χ4n) is 2.52. The molecule has 0 aromatic carbocycles. The monoisotopic (exact) mass is 207 g/mol. The van der Waals surface area contributed by atoms with Gasteiger partial charge in [-0.05, 0) is 19.3 Å². The Labute approximate surface area is 91.7 Å². The molecular formula is C12H21N3. The number of imidazole rings is 1. The molecule has 0 aliphatic heterocycles. The normalized spacial score (nSPS) is 19.6. The smallest absolute Gasteiger partial charge is 0.0948 e. The highest BCUT2D eigenvalue weighted by atomic mass is 15.1. The van der Waals surface area contributed by atoms with Crippen LogP contribution in [0.4, 0.5) is 0 Å². The molecule has 0 radical (unpaired) electrons. The first-order valence-electron chi connectivity index (χ1n) is 6.03. The van der Waals surface area contributed by atoms with Crippen LogP contribution in [-0.2, 0) is 6.54 Å². The fraction of sp³-hybridized carbons (Fsp3) is 0.750. The van der Waals surface area contributed by atoms with E-state index in [0.717, 1.165) is 18.2 Å². The molecule has 0 spiro atoms. The zero-order chi connectivity index (χ0) is 10.7. The third-order valence-corrected chi connectivity index (χ3v) is 3.46. The van der Waals surface area contributed by atoms with E-state index in [-0.39, 0.29) is 6.04 Å². The second-order valence-corrected chi connectivity index (χ2v) is 4.74. The Morgan fingerprint density at radius 1 is 1.53 bits per heavy atom. The van der Waals surface area contributed by atoms with Crippen LogP contribution in [0.5, 0.6) is 0 Å². The maximum atomic E-state index is 5.88. The third-order valence-electron chi connectivity index (χ3n) is 3.46. The Morgan fingerprint density at radius 2 is 2.27 bits per heavy atom. The topological polar surface area (TPSA) is 43.8 Å². The number of nitrogens with zero attached hydrogens (tertiary/aromatic N) is 2. The molecule has 15 heavy (non-hydrogen) atoms. The fourth-order valence-corrected chi connectivity index (χ4v) is 2.52. The van der Waals surface area contributed by atoms with Gasteiger partial charge in [0, 0.05) is 18.8 Å². The van der Waals surface area contributed by atoms with Crippen LogP contribution in [0.25, 0.3) is 0 Å². The predicted molar refractivity (Wildman–Crippen MR) is 61.4 cm³/mol. The molecule has 1 fully saturated rings. The van der Waals surface area contributed by atoms with E-state index in [9.17, 15) is 0 Å². The number of rotatable bonds is 4. The third kappa shape index (κ3) is 2.59. The second-order valence-electron chi connectivity index (χ2n) is 4.74. The number of hydrogen-bond acceptors (Lipinski definition) is 2. The van der Waals surface area contributed by atoms with Crippen molar-refractivity contribution in [3.63, 3.8) is 0 Å². The minimum absolute atomic E-state index is 0.0936. The Bertz CT molecular complexity index is 298. The SMILES string of the molecule is CC(N)c1cncn1CCC1CCCC1. The van der Waals surface area contributed by atoms with Crippen molar-refractivity contribution < 1.29 is 0 Å². The van der Waals surface area contributed by atoms with Gasteiger partial charge in [-0.1, -0.05) is 25.7 Å². The quantitative estimate of drug-likeness (QED) is 0.824. The van der Waals surface area contributed by atoms with E-state index in [4.69, 9.17) is 5.73 Å². The maximum Gasteiger partial charge on any atom is 0.0948 e. The molecule has 2 N–H and O–H groups in total. The lowest BCUT2D eigenvalue weighted by molar-refractivity contribution is 0.449. The maximum absolute atomic E-state index is 5.88. The van der Waals surface area contributed by atoms with E-state index < -0.39 is 0 Å². The van der Waals surface area contributed by atoms with Gasteiger partial charge in [-0.3, -0.25) is 0 Å². The van der Waals surface area contributed by atoms with E-state index in [1.54, 1.807) is 0 Å². The summed E-state index contributed by atoms with van der Waals surface area (Å²) in [4.78, 5) is 4.17. The second kappa shape index (κ2) is 4.79. The van der Waals surface area contributed by atoms with Gasteiger partial charge in [0.15, 0.2) is 0 Å². The minimum atomic E-state index is 0.0936. The van der Waals surface area contributed by atoms with Crippen LogP contribution in [-0.4, -0.2) is 9.55 Å². The highest BCUT2D eigenvalue weighted by molar-refractivity contribution is 5.02. The predicted octanol–water partition coefficient (Wildman–Crippen LogP) is 2.48. The molecule has 1 aromatic heterocycles. The molecule has 1 saturated carbocycles. The van der Waals surface area contributed by atoms with Gasteiger partial charge in [0.25, 0.3) is 0 Å². The summed E-state index contributed by atoms with van der Waals surface area (Å²) in [7, 11) is 0. The van der Waals surface area contributed by atoms with E-state index in [0.29, 0.717) is 0 Å². The molecule has 3 nitrogen and oxygen atoms in total. The molecule has 1 aliphatic rings. The minimum Gasteiger partial charge on any atom is -0.333 e. The van der Waals surface area contributed by atoms with Gasteiger partial charge in [-0.25, -0.2) is 4.98 Å². The molecule has 1 atom stereocenters. The van der Waals surface area contributed by atoms with Gasteiger partial charge in [0.1, 0.15) is 0 Å². The van der Waals surface area contributed by atoms with Crippen LogP contribution < -0.4 is 5.73 Å². The van der Waals surface area contributed by atoms with Gasteiger partial charge >= 0.3 is 0 Å². The van der Waals surface area contributed by atoms with Crippen LogP contribution in [0.15, 0.2) is 12.5 Å². The van der Waals surface area contributed by atoms with Crippen molar-refractivity contribution in [2.24, 2.45) is 11.7 Å². The zero-order valence-electron chi connectivity index (χ0n) is 9.52. The summed E-state index contributed by atoms with van der Waals surface area (Å²) in [6.07, 6.45) is 10.8. The number of nitrogens with two attached hydrogens (primary N) is 1. The Kier molecular flexibility index (Phi) is 3.41. The summed E-state index contributed by atoms with van der Waals surface area (Å²) < 4.78 is 2.21. The molecule has 1 aromatic rings. The first-order chi connectivity index (χ1) is 7.27. The van der Waals surface area contributed by atoms with Crippen molar-refractivity contribution >= 4 is 0 Å². The van der Waals surface area contributed by atoms with Crippen LogP contribution in [0.3, 0.4) is 0 Å². The zero-order valence-corrected chi connectivity index (χ0v) is 9.52. The van der Waals surface area contributed by atoms with E-state index in [1.807, 2.05) is 19.4 Å². The van der Waals surface area contributed by atoms with Gasteiger partial charge in [0.05, 0.1) is 12.0 Å². The number of hydrogen-bond donors (Lipinski definition) is 1. The summed E-state index contributed by atoms with van der Waals surface area (Å²) in [6.45, 7) is 3.10. The van der Waals surface area contributed by atoms with Gasteiger partial charge in [-0.15, -0.1) is 0 Å². The first-order valence-corrected chi connectivity index (χ1v) is 6.03. The van der Waals surface area contributed by atoms with Crippen molar-refractivity contribution in [3.8, 4) is 0 Å². The summed E-state index contributed by atoms with van der Waals surface area (Å²) >= 11 is 0. The molecule has 0 amide bonds. The lowest BCUT2D eigenvalue weighted by atomic mass is 10.0. The average Bonchev–Trinajstić information content (AvgIpc) is 2.86. The van der Waals surface area contributed by atoms with E-state index in [2.05, 4.69) is 9.55 Å². The molecule has 0 saturated heterocycles. The molecule has 0 bridgehead atoms. The summed E-state index contributed by atoms with van der Waals surface area (Å²) in [5.41, 5.74) is 7.04. The largest absolute Gasteiger partial charge is 0.333 e. The lowest BCUT2D eigenvalue weighted by Gasteiger charge is -2.13. The van der Waals surface area contributed by atoms with Crippen molar-refractivity contribution in [2.75, 3.05) is 0 Å². The van der Waals surface area contributed by atoms with E-state index >= 15 is 0 Å². The summed E-state index contributed by atoms with van der Waals surface area (Å²) in [5.74, 6) is 0.938. The molecule has 1 unspecified atom stereocenters. The van der Waals surface area contributed by atoms with Crippen LogP contribution >= 0.6 is 0 Å². The van der Waals surface area contributed by atoms with Crippen molar-refractivity contribution in [1.29, 1.82) is 0 Å². The van der Waals surface area contributed by atoms with Crippen LogP contribution in [0.1, 0.15) is 50.8 Å². The highest BCUT2D eigenvalue weighted by Crippen LogP contribution is 2.28. The lowest BCUT2D eigenvalue weighted by Crippen LogP contribution is -2.13. The first kappa shape index (κ1) is 10.7. The van der Waals surface area contributed by atoms with Crippen molar-refractivity contribution in [2.45, 2.75) is 51.6 Å². The average molecular weight is 207 g/mol. The molecule has 2 rings (SSSR count). The molecule has 1 aliphatic carbocycles. The van der Waals surface area contributed by atoms with E-state index in [1.165, 1.54) is 32.1 Å². The molecule has 3 heteroatoms. The van der Waals surface area contributed by atoms with Gasteiger partial charge in [0.2, 0.25) is 0 Å². The standard InChI is InChI=1S/C12H21N3/c1-10(13)12-8-14-9-15(12)7-6-11-4-2-3-5-11/h8-11H,2-7,13H2,1H3. The van der Waals surface area contributed by atoms with Gasteiger partial charge < -0.3 is 10.3 Å². The number of aromatic nitrogens is 2. The Balaban J connectivity index is 1.89. The van der Waals surface area contributed by atoms with Crippen LogP contribution in [0, 0.1) is 5.92 Å². The number of aryl methyl sites for hydroxylation is 1. The molecule has 84 valence electrons. The Hall–Kier alpha value is -0.830. The van der Waals surface area contributed by atoms with Crippen molar-refractivity contribution in [3.05, 3.63) is 18.2 Å². The Morgan fingerprint density at radius 3 is 2.93 bits per heavy atom. The highest BCUT2D eigenvalue weighted by Gasteiger charge is 2.15.